The van der Waals surface area contributed by atoms with E-state index in [9.17, 15) is 28.8 Å². The highest BCUT2D eigenvalue weighted by Crippen LogP contribution is 2.10. The minimum atomic E-state index is -1.06. The van der Waals surface area contributed by atoms with Gasteiger partial charge in [0.25, 0.3) is 0 Å². The van der Waals surface area contributed by atoms with Crippen LogP contribution in [-0.4, -0.2) is 66.7 Å². The van der Waals surface area contributed by atoms with Crippen molar-refractivity contribution in [3.05, 3.63) is 0 Å². The maximum Gasteiger partial charge on any atom is 0.242 e. The van der Waals surface area contributed by atoms with Gasteiger partial charge in [-0.3, -0.25) is 28.8 Å². The summed E-state index contributed by atoms with van der Waals surface area (Å²) in [5.74, 6) is -3.05. The number of amides is 6. The van der Waals surface area contributed by atoms with Gasteiger partial charge in [-0.2, -0.15) is 0 Å². The van der Waals surface area contributed by atoms with Gasteiger partial charge in [0.1, 0.15) is 18.1 Å². The van der Waals surface area contributed by atoms with Crippen LogP contribution in [0, 0.1) is 0 Å². The second-order valence-electron chi connectivity index (χ2n) is 10.4. The van der Waals surface area contributed by atoms with Crippen molar-refractivity contribution in [1.29, 1.82) is 0 Å². The lowest BCUT2D eigenvalue weighted by Crippen LogP contribution is -2.52. The average Bonchev–Trinajstić information content (AvgIpc) is 2.92. The zero-order chi connectivity index (χ0) is 31.0. The van der Waals surface area contributed by atoms with Gasteiger partial charge in [-0.05, 0) is 39.0 Å². The van der Waals surface area contributed by atoms with E-state index in [4.69, 9.17) is 17.2 Å². The van der Waals surface area contributed by atoms with Crippen LogP contribution in [0.3, 0.4) is 0 Å². The molecule has 236 valence electrons. The standard InChI is InChI=1S/C28H53N7O6/c1-3-4-5-6-7-8-9-10-11-15-24(37)33-20(2)28(41)35-22(27(31)40)16-17-23(36)32-18-13-12-14-21(26(30)39)34-25(38)19-29/h20-22H,3-19,29H2,1-2H3,(H2,30,39)(H2,31,40)(H,32,36)(H,33,37)(H,34,38)(H,35,41)/t20-,21-,22+/m0/s1. The third-order valence-corrected chi connectivity index (χ3v) is 6.70. The zero-order valence-electron chi connectivity index (χ0n) is 24.9. The fourth-order valence-corrected chi connectivity index (χ4v) is 4.16. The van der Waals surface area contributed by atoms with Crippen LogP contribution in [0.25, 0.3) is 0 Å². The van der Waals surface area contributed by atoms with Crippen molar-refractivity contribution < 1.29 is 28.8 Å². The van der Waals surface area contributed by atoms with Crippen molar-refractivity contribution in [2.75, 3.05) is 13.1 Å². The monoisotopic (exact) mass is 583 g/mol. The summed E-state index contributed by atoms with van der Waals surface area (Å²) >= 11 is 0. The molecule has 0 spiro atoms. The Morgan fingerprint density at radius 3 is 1.73 bits per heavy atom. The van der Waals surface area contributed by atoms with Crippen LogP contribution in [0.1, 0.15) is 110 Å². The predicted molar refractivity (Wildman–Crippen MR) is 157 cm³/mol. The first kappa shape index (κ1) is 37.8. The molecule has 13 nitrogen and oxygen atoms in total. The molecule has 0 saturated carbocycles. The number of nitrogens with one attached hydrogen (secondary N) is 4. The van der Waals surface area contributed by atoms with Crippen molar-refractivity contribution in [1.82, 2.24) is 21.3 Å². The van der Waals surface area contributed by atoms with Crippen LogP contribution in [0.5, 0.6) is 0 Å². The van der Waals surface area contributed by atoms with Crippen molar-refractivity contribution in [3.63, 3.8) is 0 Å². The number of carbonyl (C=O) groups is 6. The molecule has 41 heavy (non-hydrogen) atoms. The van der Waals surface area contributed by atoms with Crippen LogP contribution in [0.2, 0.25) is 0 Å². The molecule has 0 bridgehead atoms. The molecule has 3 atom stereocenters. The summed E-state index contributed by atoms with van der Waals surface area (Å²) in [6.45, 7) is 3.78. The molecule has 0 rings (SSSR count). The molecule has 0 fully saturated rings. The topological polar surface area (TPSA) is 229 Å². The number of carbonyl (C=O) groups excluding carboxylic acids is 6. The molecule has 0 aromatic rings. The Hall–Kier alpha value is -3.22. The van der Waals surface area contributed by atoms with E-state index in [1.54, 1.807) is 0 Å². The quantitative estimate of drug-likeness (QED) is 0.0746. The van der Waals surface area contributed by atoms with Crippen molar-refractivity contribution in [2.45, 2.75) is 128 Å². The second-order valence-corrected chi connectivity index (χ2v) is 10.4. The maximum absolute atomic E-state index is 12.5. The molecular formula is C28H53N7O6. The number of primary amides is 2. The molecule has 0 aliphatic carbocycles. The Morgan fingerprint density at radius 2 is 1.17 bits per heavy atom. The lowest BCUT2D eigenvalue weighted by atomic mass is 10.1. The second kappa shape index (κ2) is 23.5. The molecule has 0 aromatic heterocycles. The van der Waals surface area contributed by atoms with Crippen LogP contribution in [-0.2, 0) is 28.8 Å². The highest BCUT2D eigenvalue weighted by molar-refractivity contribution is 5.91. The maximum atomic E-state index is 12.5. The van der Waals surface area contributed by atoms with Crippen molar-refractivity contribution in [2.24, 2.45) is 17.2 Å². The molecule has 6 amide bonds. The summed E-state index contributed by atoms with van der Waals surface area (Å²) in [4.78, 5) is 71.4. The van der Waals surface area contributed by atoms with E-state index >= 15 is 0 Å². The number of rotatable bonds is 25. The van der Waals surface area contributed by atoms with Crippen molar-refractivity contribution >= 4 is 35.4 Å². The summed E-state index contributed by atoms with van der Waals surface area (Å²) in [7, 11) is 0. The minimum absolute atomic E-state index is 0.000880. The first-order chi connectivity index (χ1) is 19.5. The van der Waals surface area contributed by atoms with Gasteiger partial charge in [0.15, 0.2) is 0 Å². The van der Waals surface area contributed by atoms with Gasteiger partial charge in [-0.1, -0.05) is 58.3 Å². The highest BCUT2D eigenvalue weighted by atomic mass is 16.2. The van der Waals surface area contributed by atoms with Gasteiger partial charge >= 0.3 is 0 Å². The molecule has 0 unspecified atom stereocenters. The summed E-state index contributed by atoms with van der Waals surface area (Å²) in [5, 5.41) is 10.3. The Bertz CT molecular complexity index is 824. The number of hydrogen-bond donors (Lipinski definition) is 7. The fourth-order valence-electron chi connectivity index (χ4n) is 4.16. The minimum Gasteiger partial charge on any atom is -0.368 e. The first-order valence-corrected chi connectivity index (χ1v) is 15.0. The van der Waals surface area contributed by atoms with E-state index in [2.05, 4.69) is 28.2 Å². The zero-order valence-corrected chi connectivity index (χ0v) is 24.9. The number of nitrogens with two attached hydrogens (primary N) is 3. The van der Waals surface area contributed by atoms with Crippen molar-refractivity contribution in [3.8, 4) is 0 Å². The molecular weight excluding hydrogens is 530 g/mol. The molecule has 0 heterocycles. The lowest BCUT2D eigenvalue weighted by Gasteiger charge is -2.19. The van der Waals surface area contributed by atoms with E-state index in [-0.39, 0.29) is 31.2 Å². The Morgan fingerprint density at radius 1 is 0.610 bits per heavy atom. The molecule has 0 radical (unpaired) electrons. The smallest absolute Gasteiger partial charge is 0.242 e. The first-order valence-electron chi connectivity index (χ1n) is 15.0. The summed E-state index contributed by atoms with van der Waals surface area (Å²) in [5.41, 5.74) is 15.9. The fraction of sp³-hybridized carbons (Fsp3) is 0.786. The van der Waals surface area contributed by atoms with E-state index in [0.717, 1.165) is 19.3 Å². The summed E-state index contributed by atoms with van der Waals surface area (Å²) < 4.78 is 0. The summed E-state index contributed by atoms with van der Waals surface area (Å²) in [6.07, 6.45) is 11.9. The third kappa shape index (κ3) is 20.3. The largest absolute Gasteiger partial charge is 0.368 e. The molecule has 0 aliphatic rings. The normalized spacial score (nSPS) is 13.0. The molecule has 10 N–H and O–H groups in total. The van der Waals surface area contributed by atoms with Crippen LogP contribution in [0.4, 0.5) is 0 Å². The Kier molecular flexibility index (Phi) is 21.6. The van der Waals surface area contributed by atoms with E-state index in [1.165, 1.54) is 45.4 Å². The van der Waals surface area contributed by atoms with Gasteiger partial charge in [-0.15, -0.1) is 0 Å². The Balaban J connectivity index is 4.23. The van der Waals surface area contributed by atoms with E-state index in [1.807, 2.05) is 0 Å². The van der Waals surface area contributed by atoms with Gasteiger partial charge < -0.3 is 38.5 Å². The van der Waals surface area contributed by atoms with Gasteiger partial charge in [0.05, 0.1) is 6.54 Å². The van der Waals surface area contributed by atoms with Gasteiger partial charge in [0.2, 0.25) is 35.4 Å². The third-order valence-electron chi connectivity index (χ3n) is 6.70. The molecule has 13 heteroatoms. The molecule has 0 saturated heterocycles. The van der Waals surface area contributed by atoms with Crippen LogP contribution >= 0.6 is 0 Å². The Labute approximate surface area is 244 Å². The average molecular weight is 584 g/mol. The predicted octanol–water partition coefficient (Wildman–Crippen LogP) is 0.378. The van der Waals surface area contributed by atoms with Crippen LogP contribution in [0.15, 0.2) is 0 Å². The lowest BCUT2D eigenvalue weighted by molar-refractivity contribution is -0.131. The van der Waals surface area contributed by atoms with Crippen LogP contribution < -0.4 is 38.5 Å². The number of unbranched alkanes of at least 4 members (excludes halogenated alkanes) is 9. The van der Waals surface area contributed by atoms with E-state index < -0.39 is 41.8 Å². The molecule has 0 aliphatic heterocycles. The number of hydrogen-bond acceptors (Lipinski definition) is 7. The SMILES string of the molecule is CCCCCCCCCCCC(=O)N[C@@H](C)C(=O)N[C@H](CCC(=O)NCCCC[C@H](NC(=O)CN)C(N)=O)C(N)=O. The molecule has 0 aromatic carbocycles. The highest BCUT2D eigenvalue weighted by Gasteiger charge is 2.23. The van der Waals surface area contributed by atoms with Gasteiger partial charge in [-0.25, -0.2) is 0 Å². The summed E-state index contributed by atoms with van der Waals surface area (Å²) in [6, 6.07) is -2.74. The van der Waals surface area contributed by atoms with E-state index in [0.29, 0.717) is 32.2 Å². The van der Waals surface area contributed by atoms with Gasteiger partial charge in [0, 0.05) is 19.4 Å².